The second-order valence-electron chi connectivity index (χ2n) is 4.27. The van der Waals surface area contributed by atoms with E-state index in [0.29, 0.717) is 17.2 Å². The SMILES string of the molecule is COc1cc(C)c(C(C#N)c2cccnn2)cc1OC. The van der Waals surface area contributed by atoms with Gasteiger partial charge in [0.25, 0.3) is 0 Å². The van der Waals surface area contributed by atoms with E-state index in [4.69, 9.17) is 9.47 Å². The van der Waals surface area contributed by atoms with E-state index >= 15 is 0 Å². The van der Waals surface area contributed by atoms with Crippen LogP contribution < -0.4 is 9.47 Å². The zero-order valence-electron chi connectivity index (χ0n) is 11.6. The van der Waals surface area contributed by atoms with Crippen LogP contribution in [0.4, 0.5) is 0 Å². The zero-order valence-corrected chi connectivity index (χ0v) is 11.6. The Bertz CT molecular complexity index is 636. The molecule has 2 aromatic rings. The maximum atomic E-state index is 9.46. The van der Waals surface area contributed by atoms with Gasteiger partial charge in [0.05, 0.1) is 26.0 Å². The molecule has 0 saturated carbocycles. The molecule has 102 valence electrons. The van der Waals surface area contributed by atoms with Crippen molar-refractivity contribution in [3.63, 3.8) is 0 Å². The Kier molecular flexibility index (Phi) is 4.16. The molecule has 0 saturated heterocycles. The van der Waals surface area contributed by atoms with Crippen molar-refractivity contribution >= 4 is 0 Å². The average Bonchev–Trinajstić information content (AvgIpc) is 2.50. The van der Waals surface area contributed by atoms with Gasteiger partial charge in [0.15, 0.2) is 11.5 Å². The van der Waals surface area contributed by atoms with Crippen molar-refractivity contribution in [2.45, 2.75) is 12.8 Å². The molecule has 0 N–H and O–H groups in total. The van der Waals surface area contributed by atoms with Crippen molar-refractivity contribution in [2.24, 2.45) is 0 Å². The van der Waals surface area contributed by atoms with E-state index in [9.17, 15) is 5.26 Å². The largest absolute Gasteiger partial charge is 0.493 e. The Morgan fingerprint density at radius 1 is 1.20 bits per heavy atom. The molecule has 0 radical (unpaired) electrons. The molecule has 1 atom stereocenters. The van der Waals surface area contributed by atoms with Gasteiger partial charge in [-0.05, 0) is 42.3 Å². The Labute approximate surface area is 117 Å². The number of methoxy groups -OCH3 is 2. The minimum atomic E-state index is -0.483. The molecule has 0 aliphatic rings. The topological polar surface area (TPSA) is 68.0 Å². The molecular formula is C15H15N3O2. The Morgan fingerprint density at radius 2 is 1.90 bits per heavy atom. The summed E-state index contributed by atoms with van der Waals surface area (Å²) in [5.74, 6) is 0.755. The average molecular weight is 269 g/mol. The number of benzene rings is 1. The summed E-state index contributed by atoms with van der Waals surface area (Å²) in [6, 6.07) is 9.49. The molecule has 5 heteroatoms. The van der Waals surface area contributed by atoms with E-state index in [-0.39, 0.29) is 0 Å². The highest BCUT2D eigenvalue weighted by molar-refractivity contribution is 5.51. The van der Waals surface area contributed by atoms with Crippen LogP contribution in [-0.2, 0) is 0 Å². The fourth-order valence-electron chi connectivity index (χ4n) is 2.07. The number of ether oxygens (including phenoxy) is 2. The number of aromatic nitrogens is 2. The van der Waals surface area contributed by atoms with Gasteiger partial charge in [-0.25, -0.2) is 0 Å². The minimum absolute atomic E-state index is 0.483. The van der Waals surface area contributed by atoms with E-state index in [1.165, 1.54) is 0 Å². The lowest BCUT2D eigenvalue weighted by atomic mass is 9.92. The molecular weight excluding hydrogens is 254 g/mol. The summed E-state index contributed by atoms with van der Waals surface area (Å²) in [7, 11) is 3.15. The molecule has 5 nitrogen and oxygen atoms in total. The van der Waals surface area contributed by atoms with Gasteiger partial charge in [0.2, 0.25) is 0 Å². The van der Waals surface area contributed by atoms with Gasteiger partial charge >= 0.3 is 0 Å². The molecule has 20 heavy (non-hydrogen) atoms. The van der Waals surface area contributed by atoms with Gasteiger partial charge < -0.3 is 9.47 Å². The first-order chi connectivity index (χ1) is 9.71. The molecule has 1 heterocycles. The van der Waals surface area contributed by atoms with Gasteiger partial charge in [-0.15, -0.1) is 0 Å². The maximum absolute atomic E-state index is 9.46. The van der Waals surface area contributed by atoms with Crippen molar-refractivity contribution < 1.29 is 9.47 Å². The molecule has 0 aliphatic carbocycles. The lowest BCUT2D eigenvalue weighted by Gasteiger charge is -2.15. The fraction of sp³-hybridized carbons (Fsp3) is 0.267. The van der Waals surface area contributed by atoms with Crippen molar-refractivity contribution in [3.05, 3.63) is 47.3 Å². The van der Waals surface area contributed by atoms with Crippen molar-refractivity contribution in [3.8, 4) is 17.6 Å². The summed E-state index contributed by atoms with van der Waals surface area (Å²) in [6.45, 7) is 1.93. The lowest BCUT2D eigenvalue weighted by molar-refractivity contribution is 0.354. The second kappa shape index (κ2) is 6.02. The van der Waals surface area contributed by atoms with Crippen LogP contribution in [0.1, 0.15) is 22.7 Å². The monoisotopic (exact) mass is 269 g/mol. The van der Waals surface area contributed by atoms with Gasteiger partial charge in [-0.2, -0.15) is 15.5 Å². The van der Waals surface area contributed by atoms with Crippen LogP contribution in [0.3, 0.4) is 0 Å². The van der Waals surface area contributed by atoms with Crippen LogP contribution in [0, 0.1) is 18.3 Å². The van der Waals surface area contributed by atoms with Crippen molar-refractivity contribution in [2.75, 3.05) is 14.2 Å². The Hall–Kier alpha value is -2.61. The Morgan fingerprint density at radius 3 is 2.45 bits per heavy atom. The molecule has 0 fully saturated rings. The first-order valence-corrected chi connectivity index (χ1v) is 6.11. The summed E-state index contributed by atoms with van der Waals surface area (Å²) in [5.41, 5.74) is 2.40. The third-order valence-electron chi connectivity index (χ3n) is 3.10. The van der Waals surface area contributed by atoms with Gasteiger partial charge in [-0.3, -0.25) is 0 Å². The summed E-state index contributed by atoms with van der Waals surface area (Å²) in [5, 5.41) is 17.3. The van der Waals surface area contributed by atoms with Gasteiger partial charge in [0, 0.05) is 6.20 Å². The number of hydrogen-bond acceptors (Lipinski definition) is 5. The number of nitrogens with zero attached hydrogens (tertiary/aromatic N) is 3. The highest BCUT2D eigenvalue weighted by atomic mass is 16.5. The molecule has 0 spiro atoms. The van der Waals surface area contributed by atoms with E-state index in [2.05, 4.69) is 16.3 Å². The number of rotatable bonds is 4. The first kappa shape index (κ1) is 13.8. The minimum Gasteiger partial charge on any atom is -0.493 e. The van der Waals surface area contributed by atoms with Crippen LogP contribution in [0.25, 0.3) is 0 Å². The number of aryl methyl sites for hydroxylation is 1. The molecule has 1 aromatic carbocycles. The van der Waals surface area contributed by atoms with Gasteiger partial charge in [0.1, 0.15) is 5.92 Å². The standard InChI is InChI=1S/C15H15N3O2/c1-10-7-14(19-2)15(20-3)8-11(10)12(9-16)13-5-4-6-17-18-13/h4-8,12H,1-3H3. The molecule has 2 rings (SSSR count). The summed E-state index contributed by atoms with van der Waals surface area (Å²) < 4.78 is 10.5. The van der Waals surface area contributed by atoms with Gasteiger partial charge in [-0.1, -0.05) is 0 Å². The van der Waals surface area contributed by atoms with Crippen LogP contribution in [0.5, 0.6) is 11.5 Å². The predicted octanol–water partition coefficient (Wildman–Crippen LogP) is 2.46. The van der Waals surface area contributed by atoms with Crippen LogP contribution in [-0.4, -0.2) is 24.4 Å². The number of nitriles is 1. The van der Waals surface area contributed by atoms with E-state index in [1.807, 2.05) is 19.1 Å². The molecule has 1 aromatic heterocycles. The fourth-order valence-corrected chi connectivity index (χ4v) is 2.07. The normalized spacial score (nSPS) is 11.5. The summed E-state index contributed by atoms with van der Waals surface area (Å²) in [6.07, 6.45) is 1.58. The highest BCUT2D eigenvalue weighted by Gasteiger charge is 2.20. The third-order valence-corrected chi connectivity index (χ3v) is 3.10. The second-order valence-corrected chi connectivity index (χ2v) is 4.27. The van der Waals surface area contributed by atoms with E-state index < -0.39 is 5.92 Å². The zero-order chi connectivity index (χ0) is 14.5. The highest BCUT2D eigenvalue weighted by Crippen LogP contribution is 2.35. The molecule has 0 amide bonds. The van der Waals surface area contributed by atoms with Crippen LogP contribution in [0.15, 0.2) is 30.5 Å². The first-order valence-electron chi connectivity index (χ1n) is 6.11. The molecule has 1 unspecified atom stereocenters. The van der Waals surface area contributed by atoms with E-state index in [1.54, 1.807) is 32.5 Å². The van der Waals surface area contributed by atoms with Crippen molar-refractivity contribution in [1.82, 2.24) is 10.2 Å². The molecule has 0 bridgehead atoms. The van der Waals surface area contributed by atoms with Crippen LogP contribution >= 0.6 is 0 Å². The molecule has 0 aliphatic heterocycles. The number of hydrogen-bond donors (Lipinski definition) is 0. The van der Waals surface area contributed by atoms with Crippen LogP contribution in [0.2, 0.25) is 0 Å². The van der Waals surface area contributed by atoms with E-state index in [0.717, 1.165) is 11.1 Å². The third kappa shape index (κ3) is 2.54. The summed E-state index contributed by atoms with van der Waals surface area (Å²) in [4.78, 5) is 0. The quantitative estimate of drug-likeness (QED) is 0.852. The Balaban J connectivity index is 2.54. The maximum Gasteiger partial charge on any atom is 0.161 e. The smallest absolute Gasteiger partial charge is 0.161 e. The van der Waals surface area contributed by atoms with Crippen molar-refractivity contribution in [1.29, 1.82) is 5.26 Å². The predicted molar refractivity (Wildman–Crippen MR) is 73.8 cm³/mol. The lowest BCUT2D eigenvalue weighted by Crippen LogP contribution is -2.05. The summed E-state index contributed by atoms with van der Waals surface area (Å²) >= 11 is 0.